The fourth-order valence-corrected chi connectivity index (χ4v) is 2.02. The van der Waals surface area contributed by atoms with Crippen molar-refractivity contribution in [1.82, 2.24) is 5.32 Å². The van der Waals surface area contributed by atoms with Gasteiger partial charge in [-0.1, -0.05) is 18.2 Å². The summed E-state index contributed by atoms with van der Waals surface area (Å²) in [6, 6.07) is 13.5. The van der Waals surface area contributed by atoms with Gasteiger partial charge in [-0.25, -0.2) is 0 Å². The molecule has 0 radical (unpaired) electrons. The Hall–Kier alpha value is -2.89. The van der Waals surface area contributed by atoms with Crippen LogP contribution in [0.25, 0.3) is 0 Å². The van der Waals surface area contributed by atoms with Crippen LogP contribution in [-0.4, -0.2) is 16.4 Å². The Balaban J connectivity index is 2.32. The van der Waals surface area contributed by atoms with Gasteiger partial charge < -0.3 is 10.6 Å². The molecule has 2 aromatic carbocycles. The third-order valence-electron chi connectivity index (χ3n) is 3.00. The van der Waals surface area contributed by atoms with Gasteiger partial charge in [-0.3, -0.25) is 14.9 Å². The summed E-state index contributed by atoms with van der Waals surface area (Å²) in [6.07, 6.45) is 0. The van der Waals surface area contributed by atoms with Crippen molar-refractivity contribution >= 4 is 23.0 Å². The minimum Gasteiger partial charge on any atom is -0.350 e. The van der Waals surface area contributed by atoms with Crippen LogP contribution in [0.1, 0.15) is 31.1 Å². The second-order valence-electron chi connectivity index (χ2n) is 6.18. The van der Waals surface area contributed by atoms with E-state index in [0.717, 1.165) is 5.69 Å². The molecule has 1 amide bonds. The monoisotopic (exact) mass is 313 g/mol. The topological polar surface area (TPSA) is 84.3 Å². The molecule has 0 atom stereocenters. The molecule has 23 heavy (non-hydrogen) atoms. The van der Waals surface area contributed by atoms with Crippen molar-refractivity contribution in [2.45, 2.75) is 26.3 Å². The Morgan fingerprint density at radius 1 is 1.09 bits per heavy atom. The second kappa shape index (κ2) is 6.48. The summed E-state index contributed by atoms with van der Waals surface area (Å²) in [5, 5.41) is 17.1. The van der Waals surface area contributed by atoms with Crippen LogP contribution < -0.4 is 10.6 Å². The number of para-hydroxylation sites is 1. The van der Waals surface area contributed by atoms with Crippen LogP contribution in [0.3, 0.4) is 0 Å². The van der Waals surface area contributed by atoms with Crippen molar-refractivity contribution in [3.05, 3.63) is 64.2 Å². The SMILES string of the molecule is CC(C)(C)NC(=O)c1ccc(Nc2ccccc2)c([N+](=O)[O-])c1. The van der Waals surface area contributed by atoms with Gasteiger partial charge in [0, 0.05) is 22.9 Å². The van der Waals surface area contributed by atoms with Crippen LogP contribution in [0.5, 0.6) is 0 Å². The maximum absolute atomic E-state index is 12.2. The van der Waals surface area contributed by atoms with Gasteiger partial charge in [0.05, 0.1) is 4.92 Å². The van der Waals surface area contributed by atoms with E-state index in [0.29, 0.717) is 5.69 Å². The first-order chi connectivity index (χ1) is 10.8. The summed E-state index contributed by atoms with van der Waals surface area (Å²) in [6.45, 7) is 5.56. The lowest BCUT2D eigenvalue weighted by Gasteiger charge is -2.20. The maximum atomic E-state index is 12.2. The quantitative estimate of drug-likeness (QED) is 0.663. The number of nitro benzene ring substituents is 1. The van der Waals surface area contributed by atoms with Crippen LogP contribution in [0.15, 0.2) is 48.5 Å². The normalized spacial score (nSPS) is 10.9. The number of hydrogen-bond acceptors (Lipinski definition) is 4. The Kier molecular flexibility index (Phi) is 4.64. The lowest BCUT2D eigenvalue weighted by atomic mass is 10.1. The third-order valence-corrected chi connectivity index (χ3v) is 3.00. The first-order valence-electron chi connectivity index (χ1n) is 7.19. The molecule has 2 rings (SSSR count). The minimum absolute atomic E-state index is 0.143. The van der Waals surface area contributed by atoms with Gasteiger partial charge in [-0.15, -0.1) is 0 Å². The molecule has 6 heteroatoms. The van der Waals surface area contributed by atoms with Gasteiger partial charge in [0.25, 0.3) is 11.6 Å². The van der Waals surface area contributed by atoms with Crippen LogP contribution in [0.4, 0.5) is 17.1 Å². The lowest BCUT2D eigenvalue weighted by molar-refractivity contribution is -0.383. The van der Waals surface area contributed by atoms with Gasteiger partial charge in [0.15, 0.2) is 0 Å². The third kappa shape index (κ3) is 4.54. The smallest absolute Gasteiger partial charge is 0.293 e. The zero-order valence-corrected chi connectivity index (χ0v) is 13.3. The lowest BCUT2D eigenvalue weighted by Crippen LogP contribution is -2.40. The molecule has 0 aliphatic rings. The van der Waals surface area contributed by atoms with E-state index in [-0.39, 0.29) is 17.2 Å². The van der Waals surface area contributed by atoms with Gasteiger partial charge in [-0.05, 0) is 45.0 Å². The van der Waals surface area contributed by atoms with Crippen LogP contribution >= 0.6 is 0 Å². The van der Waals surface area contributed by atoms with Gasteiger partial charge >= 0.3 is 0 Å². The van der Waals surface area contributed by atoms with Crippen LogP contribution in [-0.2, 0) is 0 Å². The van der Waals surface area contributed by atoms with E-state index >= 15 is 0 Å². The maximum Gasteiger partial charge on any atom is 0.293 e. The first kappa shape index (κ1) is 16.5. The molecule has 120 valence electrons. The van der Waals surface area contributed by atoms with Crippen molar-refractivity contribution in [3.63, 3.8) is 0 Å². The highest BCUT2D eigenvalue weighted by molar-refractivity contribution is 5.96. The molecule has 0 spiro atoms. The summed E-state index contributed by atoms with van der Waals surface area (Å²) >= 11 is 0. The van der Waals surface area contributed by atoms with Crippen molar-refractivity contribution < 1.29 is 9.72 Å². The number of carbonyl (C=O) groups is 1. The summed E-state index contributed by atoms with van der Waals surface area (Å²) in [5.74, 6) is -0.341. The molecule has 6 nitrogen and oxygen atoms in total. The predicted octanol–water partition coefficient (Wildman–Crippen LogP) is 3.87. The predicted molar refractivity (Wildman–Crippen MR) is 90.0 cm³/mol. The molecule has 0 heterocycles. The number of rotatable bonds is 4. The minimum atomic E-state index is -0.501. The highest BCUT2D eigenvalue weighted by Gasteiger charge is 2.20. The standard InChI is InChI=1S/C17H19N3O3/c1-17(2,3)19-16(21)12-9-10-14(15(11-12)20(22)23)18-13-7-5-4-6-8-13/h4-11,18H,1-3H3,(H,19,21). The molecular formula is C17H19N3O3. The summed E-state index contributed by atoms with van der Waals surface area (Å²) in [7, 11) is 0. The van der Waals surface area contributed by atoms with Crippen molar-refractivity contribution in [1.29, 1.82) is 0 Å². The molecule has 0 aliphatic carbocycles. The molecule has 0 fully saturated rings. The molecule has 0 aromatic heterocycles. The molecule has 0 aliphatic heterocycles. The zero-order valence-electron chi connectivity index (χ0n) is 13.3. The Morgan fingerprint density at radius 2 is 1.74 bits per heavy atom. The molecule has 2 aromatic rings. The average Bonchev–Trinajstić information content (AvgIpc) is 2.46. The molecule has 0 saturated heterocycles. The Morgan fingerprint density at radius 3 is 2.30 bits per heavy atom. The zero-order chi connectivity index (χ0) is 17.0. The highest BCUT2D eigenvalue weighted by atomic mass is 16.6. The molecular weight excluding hydrogens is 294 g/mol. The summed E-state index contributed by atoms with van der Waals surface area (Å²) in [5.41, 5.74) is 0.781. The summed E-state index contributed by atoms with van der Waals surface area (Å²) in [4.78, 5) is 23.0. The fraction of sp³-hybridized carbons (Fsp3) is 0.235. The number of nitro groups is 1. The van der Waals surface area contributed by atoms with Gasteiger partial charge in [-0.2, -0.15) is 0 Å². The molecule has 2 N–H and O–H groups in total. The Labute approximate surface area is 134 Å². The summed E-state index contributed by atoms with van der Waals surface area (Å²) < 4.78 is 0. The molecule has 0 bridgehead atoms. The molecule has 0 saturated carbocycles. The van der Waals surface area contributed by atoms with E-state index in [1.807, 2.05) is 51.1 Å². The largest absolute Gasteiger partial charge is 0.350 e. The van der Waals surface area contributed by atoms with Crippen LogP contribution in [0.2, 0.25) is 0 Å². The number of amides is 1. The van der Waals surface area contributed by atoms with E-state index in [1.165, 1.54) is 6.07 Å². The first-order valence-corrected chi connectivity index (χ1v) is 7.19. The van der Waals surface area contributed by atoms with Crippen molar-refractivity contribution in [2.75, 3.05) is 5.32 Å². The number of anilines is 2. The molecule has 0 unspecified atom stereocenters. The number of nitrogens with zero attached hydrogens (tertiary/aromatic N) is 1. The second-order valence-corrected chi connectivity index (χ2v) is 6.18. The van der Waals surface area contributed by atoms with E-state index in [1.54, 1.807) is 12.1 Å². The number of benzene rings is 2. The van der Waals surface area contributed by atoms with Crippen LogP contribution in [0, 0.1) is 10.1 Å². The van der Waals surface area contributed by atoms with Gasteiger partial charge in [0.1, 0.15) is 5.69 Å². The van der Waals surface area contributed by atoms with Crippen molar-refractivity contribution in [2.24, 2.45) is 0 Å². The van der Waals surface area contributed by atoms with Crippen molar-refractivity contribution in [3.8, 4) is 0 Å². The van der Waals surface area contributed by atoms with E-state index < -0.39 is 10.5 Å². The average molecular weight is 313 g/mol. The van der Waals surface area contributed by atoms with E-state index in [2.05, 4.69) is 10.6 Å². The van der Waals surface area contributed by atoms with E-state index in [4.69, 9.17) is 0 Å². The fourth-order valence-electron chi connectivity index (χ4n) is 2.02. The Bertz CT molecular complexity index is 722. The highest BCUT2D eigenvalue weighted by Crippen LogP contribution is 2.28. The number of hydrogen-bond donors (Lipinski definition) is 2. The number of nitrogens with one attached hydrogen (secondary N) is 2. The number of carbonyl (C=O) groups excluding carboxylic acids is 1. The van der Waals surface area contributed by atoms with Gasteiger partial charge in [0.2, 0.25) is 0 Å². The van der Waals surface area contributed by atoms with E-state index in [9.17, 15) is 14.9 Å².